The summed E-state index contributed by atoms with van der Waals surface area (Å²) in [5, 5.41) is 4.57. The van der Waals surface area contributed by atoms with Crippen LogP contribution in [0.15, 0.2) is 29.2 Å². The third-order valence-electron chi connectivity index (χ3n) is 4.65. The largest absolute Gasteiger partial charge is 0.455 e. The van der Waals surface area contributed by atoms with Gasteiger partial charge in [0.25, 0.3) is 5.91 Å². The number of amides is 3. The molecule has 30 heavy (non-hydrogen) atoms. The fraction of sp³-hybridized carbons (Fsp3) is 0.526. The lowest BCUT2D eigenvalue weighted by Gasteiger charge is -2.30. The van der Waals surface area contributed by atoms with E-state index in [1.807, 2.05) is 6.92 Å². The Bertz CT molecular complexity index is 852. The van der Waals surface area contributed by atoms with Crippen LogP contribution < -0.4 is 10.6 Å². The maximum atomic E-state index is 13.0. The molecule has 0 bridgehead atoms. The number of esters is 1. The Kier molecular flexibility index (Phi) is 8.72. The van der Waals surface area contributed by atoms with Crippen molar-refractivity contribution in [3.63, 3.8) is 0 Å². The van der Waals surface area contributed by atoms with Gasteiger partial charge in [-0.05, 0) is 43.5 Å². The Morgan fingerprint density at radius 3 is 2.40 bits per heavy atom. The van der Waals surface area contributed by atoms with Gasteiger partial charge in [-0.1, -0.05) is 13.3 Å². The summed E-state index contributed by atoms with van der Waals surface area (Å²) < 4.78 is 44.4. The molecule has 11 heteroatoms. The molecule has 166 valence electrons. The number of halogens is 1. The summed E-state index contributed by atoms with van der Waals surface area (Å²) in [7, 11) is -3.77. The minimum atomic E-state index is -3.77. The molecule has 1 aliphatic rings. The van der Waals surface area contributed by atoms with Gasteiger partial charge in [0.05, 0.1) is 10.8 Å². The number of urea groups is 1. The lowest BCUT2D eigenvalue weighted by molar-refractivity contribution is -0.153. The minimum Gasteiger partial charge on any atom is -0.455 e. The van der Waals surface area contributed by atoms with Crippen molar-refractivity contribution in [2.75, 3.05) is 26.2 Å². The smallest absolute Gasteiger partial charge is 0.321 e. The first kappa shape index (κ1) is 23.7. The summed E-state index contributed by atoms with van der Waals surface area (Å²) in [4.78, 5) is 35.3. The number of carbonyl (C=O) groups excluding carboxylic acids is 3. The topological polar surface area (TPSA) is 122 Å². The van der Waals surface area contributed by atoms with E-state index in [2.05, 4.69) is 10.6 Å². The first-order chi connectivity index (χ1) is 14.2. The highest BCUT2D eigenvalue weighted by atomic mass is 32.2. The highest BCUT2D eigenvalue weighted by Gasteiger charge is 2.33. The van der Waals surface area contributed by atoms with Gasteiger partial charge >= 0.3 is 12.0 Å². The summed E-state index contributed by atoms with van der Waals surface area (Å²) in [6.45, 7) is 2.02. The maximum Gasteiger partial charge on any atom is 0.321 e. The van der Waals surface area contributed by atoms with E-state index in [4.69, 9.17) is 4.74 Å². The van der Waals surface area contributed by atoms with Crippen LogP contribution in [0.3, 0.4) is 0 Å². The number of carbonyl (C=O) groups is 3. The summed E-state index contributed by atoms with van der Waals surface area (Å²) in [6, 6.07) is 3.89. The number of benzene rings is 1. The van der Waals surface area contributed by atoms with Crippen LogP contribution in [0.4, 0.5) is 9.18 Å². The zero-order chi connectivity index (χ0) is 22.1. The van der Waals surface area contributed by atoms with Gasteiger partial charge < -0.3 is 10.1 Å². The SMILES string of the molecule is CCCCNC(=O)NC(=O)COC(=O)C1CCN(S(=O)(=O)c2ccc(F)cc2)CC1. The molecular weight excluding hydrogens is 417 g/mol. The van der Waals surface area contributed by atoms with Crippen molar-refractivity contribution in [2.45, 2.75) is 37.5 Å². The van der Waals surface area contributed by atoms with Crippen molar-refractivity contribution in [3.8, 4) is 0 Å². The Morgan fingerprint density at radius 1 is 1.17 bits per heavy atom. The number of imide groups is 1. The average molecular weight is 443 g/mol. The first-order valence-electron chi connectivity index (χ1n) is 9.74. The number of hydrogen-bond acceptors (Lipinski definition) is 6. The van der Waals surface area contributed by atoms with Crippen molar-refractivity contribution < 1.29 is 31.9 Å². The molecule has 2 rings (SSSR count). The Balaban J connectivity index is 1.76. The van der Waals surface area contributed by atoms with E-state index in [9.17, 15) is 27.2 Å². The molecule has 9 nitrogen and oxygen atoms in total. The second kappa shape index (κ2) is 11.0. The molecule has 0 aromatic heterocycles. The van der Waals surface area contributed by atoms with Crippen LogP contribution in [-0.2, 0) is 24.3 Å². The molecule has 1 aromatic rings. The quantitative estimate of drug-likeness (QED) is 0.463. The highest BCUT2D eigenvalue weighted by Crippen LogP contribution is 2.24. The van der Waals surface area contributed by atoms with Crippen molar-refractivity contribution in [1.82, 2.24) is 14.9 Å². The van der Waals surface area contributed by atoms with Crippen molar-refractivity contribution >= 4 is 27.9 Å². The number of ether oxygens (including phenoxy) is 1. The van der Waals surface area contributed by atoms with Crippen LogP contribution in [0.5, 0.6) is 0 Å². The average Bonchev–Trinajstić information content (AvgIpc) is 2.72. The molecule has 1 heterocycles. The number of nitrogens with zero attached hydrogens (tertiary/aromatic N) is 1. The molecule has 0 saturated carbocycles. The molecule has 0 radical (unpaired) electrons. The number of nitrogens with one attached hydrogen (secondary N) is 2. The van der Waals surface area contributed by atoms with Crippen molar-refractivity contribution in [1.29, 1.82) is 0 Å². The highest BCUT2D eigenvalue weighted by molar-refractivity contribution is 7.89. The van der Waals surface area contributed by atoms with Gasteiger partial charge in [0.2, 0.25) is 10.0 Å². The number of unbranched alkanes of at least 4 members (excludes halogenated alkanes) is 1. The lowest BCUT2D eigenvalue weighted by Crippen LogP contribution is -2.43. The molecular formula is C19H26FN3O6S. The van der Waals surface area contributed by atoms with E-state index in [0.717, 1.165) is 25.0 Å². The van der Waals surface area contributed by atoms with Gasteiger partial charge in [0.15, 0.2) is 6.61 Å². The molecule has 3 amide bonds. The molecule has 1 aromatic carbocycles. The summed E-state index contributed by atoms with van der Waals surface area (Å²) >= 11 is 0. The van der Waals surface area contributed by atoms with Crippen molar-refractivity contribution in [2.24, 2.45) is 5.92 Å². The molecule has 0 spiro atoms. The van der Waals surface area contributed by atoms with E-state index in [-0.39, 0.29) is 30.8 Å². The van der Waals surface area contributed by atoms with Gasteiger partial charge in [0, 0.05) is 19.6 Å². The molecule has 2 N–H and O–H groups in total. The standard InChI is InChI=1S/C19H26FN3O6S/c1-2-3-10-21-19(26)22-17(24)13-29-18(25)14-8-11-23(12-9-14)30(27,28)16-6-4-15(20)5-7-16/h4-7,14H,2-3,8-13H2,1H3,(H2,21,22,24,26). The Hall–Kier alpha value is -2.53. The first-order valence-corrected chi connectivity index (χ1v) is 11.2. The molecule has 1 aliphatic heterocycles. The number of piperidine rings is 1. The number of rotatable bonds is 8. The Labute approximate surface area is 175 Å². The molecule has 1 fully saturated rings. The van der Waals surface area contributed by atoms with Crippen LogP contribution in [0.1, 0.15) is 32.6 Å². The fourth-order valence-corrected chi connectivity index (χ4v) is 4.40. The maximum absolute atomic E-state index is 13.0. The summed E-state index contributed by atoms with van der Waals surface area (Å²) in [5.41, 5.74) is 0. The van der Waals surface area contributed by atoms with E-state index >= 15 is 0 Å². The predicted molar refractivity (Wildman–Crippen MR) is 105 cm³/mol. The van der Waals surface area contributed by atoms with Gasteiger partial charge in [0.1, 0.15) is 5.82 Å². The van der Waals surface area contributed by atoms with E-state index < -0.39 is 46.3 Å². The molecule has 0 aliphatic carbocycles. The van der Waals surface area contributed by atoms with Crippen LogP contribution in [0, 0.1) is 11.7 Å². The molecule has 1 saturated heterocycles. The number of hydrogen-bond donors (Lipinski definition) is 2. The lowest BCUT2D eigenvalue weighted by atomic mass is 9.98. The van der Waals surface area contributed by atoms with Crippen molar-refractivity contribution in [3.05, 3.63) is 30.1 Å². The monoisotopic (exact) mass is 443 g/mol. The fourth-order valence-electron chi connectivity index (χ4n) is 2.93. The van der Waals surface area contributed by atoms with Gasteiger partial charge in [-0.3, -0.25) is 14.9 Å². The van der Waals surface area contributed by atoms with Crippen LogP contribution in [0.25, 0.3) is 0 Å². The zero-order valence-electron chi connectivity index (χ0n) is 16.7. The summed E-state index contributed by atoms with van der Waals surface area (Å²) in [6.07, 6.45) is 2.15. The predicted octanol–water partition coefficient (Wildman–Crippen LogP) is 1.40. The van der Waals surface area contributed by atoms with Gasteiger partial charge in [-0.2, -0.15) is 4.31 Å². The Morgan fingerprint density at radius 2 is 1.80 bits per heavy atom. The van der Waals surface area contributed by atoms with E-state index in [1.54, 1.807) is 0 Å². The van der Waals surface area contributed by atoms with E-state index in [1.165, 1.54) is 16.4 Å². The van der Waals surface area contributed by atoms with E-state index in [0.29, 0.717) is 6.54 Å². The zero-order valence-corrected chi connectivity index (χ0v) is 17.5. The minimum absolute atomic E-state index is 0.0150. The van der Waals surface area contributed by atoms with Crippen LogP contribution in [0.2, 0.25) is 0 Å². The number of sulfonamides is 1. The van der Waals surface area contributed by atoms with Gasteiger partial charge in [-0.15, -0.1) is 0 Å². The third kappa shape index (κ3) is 6.77. The molecule has 0 unspecified atom stereocenters. The third-order valence-corrected chi connectivity index (χ3v) is 6.57. The van der Waals surface area contributed by atoms with Crippen LogP contribution in [-0.4, -0.2) is 56.9 Å². The second-order valence-electron chi connectivity index (χ2n) is 6.90. The van der Waals surface area contributed by atoms with Gasteiger partial charge in [-0.25, -0.2) is 17.6 Å². The molecule has 0 atom stereocenters. The second-order valence-corrected chi connectivity index (χ2v) is 8.84. The summed E-state index contributed by atoms with van der Waals surface area (Å²) in [5.74, 6) is -2.43. The van der Waals surface area contributed by atoms with Crippen LogP contribution >= 0.6 is 0 Å². The normalized spacial score (nSPS) is 15.4.